The number of hydrogen-bond donors (Lipinski definition) is 2. The molecule has 0 saturated heterocycles. The van der Waals surface area contributed by atoms with Crippen molar-refractivity contribution in [1.82, 2.24) is 10.6 Å². The van der Waals surface area contributed by atoms with Crippen LogP contribution in [-0.2, 0) is 0 Å². The molecule has 0 aromatic heterocycles. The summed E-state index contributed by atoms with van der Waals surface area (Å²) in [6, 6.07) is 0. The molecule has 8 saturated carbocycles. The molecule has 0 aromatic carbocycles. The third-order valence-electron chi connectivity index (χ3n) is 9.43. The van der Waals surface area contributed by atoms with Gasteiger partial charge in [-0.15, -0.1) is 0 Å². The molecule has 0 heterocycles. The van der Waals surface area contributed by atoms with E-state index in [0.29, 0.717) is 11.1 Å². The molecular weight excluding hydrogens is 304 g/mol. The number of rotatable bonds is 6. The van der Waals surface area contributed by atoms with E-state index in [1.807, 2.05) is 0 Å². The second-order valence-corrected chi connectivity index (χ2v) is 11.6. The first-order chi connectivity index (χ1) is 12.2. The SMILES string of the molecule is C(CNC12CC3CC(CC(C3)C1)C2)CNC12CC3CC(CC(C3)C1)C2. The van der Waals surface area contributed by atoms with Crippen LogP contribution < -0.4 is 10.6 Å². The van der Waals surface area contributed by atoms with Crippen molar-refractivity contribution in [2.45, 2.75) is 94.5 Å². The lowest BCUT2D eigenvalue weighted by Crippen LogP contribution is -2.59. The Balaban J connectivity index is 0.996. The average Bonchev–Trinajstić information content (AvgIpc) is 2.51. The molecule has 0 radical (unpaired) electrons. The highest BCUT2D eigenvalue weighted by atomic mass is 15.0. The first-order valence-corrected chi connectivity index (χ1v) is 11.7. The lowest BCUT2D eigenvalue weighted by atomic mass is 9.53. The second-order valence-electron chi connectivity index (χ2n) is 11.6. The second kappa shape index (κ2) is 5.71. The van der Waals surface area contributed by atoms with E-state index < -0.39 is 0 Å². The molecule has 0 amide bonds. The van der Waals surface area contributed by atoms with Gasteiger partial charge in [0, 0.05) is 11.1 Å². The molecule has 0 atom stereocenters. The van der Waals surface area contributed by atoms with Crippen molar-refractivity contribution in [2.24, 2.45) is 35.5 Å². The van der Waals surface area contributed by atoms with E-state index in [4.69, 9.17) is 0 Å². The minimum Gasteiger partial charge on any atom is -0.311 e. The molecule has 0 unspecified atom stereocenters. The van der Waals surface area contributed by atoms with Crippen LogP contribution in [0, 0.1) is 35.5 Å². The van der Waals surface area contributed by atoms with Crippen molar-refractivity contribution in [3.05, 3.63) is 0 Å². The van der Waals surface area contributed by atoms with Gasteiger partial charge in [-0.2, -0.15) is 0 Å². The van der Waals surface area contributed by atoms with Gasteiger partial charge in [-0.25, -0.2) is 0 Å². The number of nitrogens with one attached hydrogen (secondary N) is 2. The summed E-state index contributed by atoms with van der Waals surface area (Å²) in [5.74, 6) is 6.44. The highest BCUT2D eigenvalue weighted by Crippen LogP contribution is 2.56. The summed E-state index contributed by atoms with van der Waals surface area (Å²) < 4.78 is 0. The Morgan fingerprint density at radius 3 is 1.04 bits per heavy atom. The summed E-state index contributed by atoms with van der Waals surface area (Å²) in [5.41, 5.74) is 1.13. The highest BCUT2D eigenvalue weighted by Gasteiger charge is 2.51. The fourth-order valence-corrected chi connectivity index (χ4v) is 9.45. The van der Waals surface area contributed by atoms with Crippen LogP contribution in [0.2, 0.25) is 0 Å². The monoisotopic (exact) mass is 342 g/mol. The summed E-state index contributed by atoms with van der Waals surface area (Å²) in [7, 11) is 0. The van der Waals surface area contributed by atoms with Gasteiger partial charge in [-0.1, -0.05) is 0 Å². The first kappa shape index (κ1) is 15.9. The van der Waals surface area contributed by atoms with Crippen molar-refractivity contribution in [3.8, 4) is 0 Å². The summed E-state index contributed by atoms with van der Waals surface area (Å²) in [4.78, 5) is 0. The third kappa shape index (κ3) is 2.81. The smallest absolute Gasteiger partial charge is 0.0189 e. The predicted molar refractivity (Wildman–Crippen MR) is 102 cm³/mol. The Kier molecular flexibility index (Phi) is 3.64. The zero-order valence-electron chi connectivity index (χ0n) is 16.1. The van der Waals surface area contributed by atoms with Gasteiger partial charge in [0.25, 0.3) is 0 Å². The summed E-state index contributed by atoms with van der Waals surface area (Å²) >= 11 is 0. The van der Waals surface area contributed by atoms with Crippen molar-refractivity contribution < 1.29 is 0 Å². The standard InChI is InChI=1S/C23H38N2/c1(2-24-22-10-16-4-17(11-22)6-18(5-16)12-22)3-25-23-13-19-7-20(14-23)9-21(8-19)15-23/h16-21,24-25H,1-15H2. The Morgan fingerprint density at radius 2 is 0.760 bits per heavy atom. The van der Waals surface area contributed by atoms with Gasteiger partial charge >= 0.3 is 0 Å². The van der Waals surface area contributed by atoms with E-state index in [1.54, 1.807) is 38.5 Å². The van der Waals surface area contributed by atoms with E-state index >= 15 is 0 Å². The molecular formula is C23H38N2. The largest absolute Gasteiger partial charge is 0.311 e. The van der Waals surface area contributed by atoms with Crippen molar-refractivity contribution in [1.29, 1.82) is 0 Å². The van der Waals surface area contributed by atoms with E-state index in [1.165, 1.54) is 58.0 Å². The predicted octanol–water partition coefficient (Wildman–Crippen LogP) is 4.49. The summed E-state index contributed by atoms with van der Waals surface area (Å²) in [6.07, 6.45) is 19.7. The topological polar surface area (TPSA) is 24.1 Å². The molecule has 2 nitrogen and oxygen atoms in total. The van der Waals surface area contributed by atoms with Gasteiger partial charge < -0.3 is 10.6 Å². The minimum atomic E-state index is 0.565. The zero-order chi connectivity index (χ0) is 16.5. The van der Waals surface area contributed by atoms with Crippen LogP contribution in [0.1, 0.15) is 83.5 Å². The average molecular weight is 343 g/mol. The van der Waals surface area contributed by atoms with E-state index in [2.05, 4.69) is 10.6 Å². The van der Waals surface area contributed by atoms with Crippen molar-refractivity contribution in [3.63, 3.8) is 0 Å². The molecule has 0 spiro atoms. The van der Waals surface area contributed by atoms with Crippen LogP contribution in [0.15, 0.2) is 0 Å². The lowest BCUT2D eigenvalue weighted by Gasteiger charge is -2.57. The van der Waals surface area contributed by atoms with E-state index in [9.17, 15) is 0 Å². The maximum atomic E-state index is 4.10. The van der Waals surface area contributed by atoms with E-state index in [0.717, 1.165) is 35.5 Å². The number of hydrogen-bond acceptors (Lipinski definition) is 2. The maximum absolute atomic E-state index is 4.10. The summed E-state index contributed by atoms with van der Waals surface area (Å²) in [5, 5.41) is 8.19. The van der Waals surface area contributed by atoms with Gasteiger partial charge in [0.15, 0.2) is 0 Å². The van der Waals surface area contributed by atoms with Crippen LogP contribution >= 0.6 is 0 Å². The normalized spacial score (nSPS) is 55.2. The molecule has 0 aromatic rings. The molecule has 2 heteroatoms. The molecule has 8 aliphatic carbocycles. The zero-order valence-corrected chi connectivity index (χ0v) is 16.1. The Labute approximate surface area is 154 Å². The first-order valence-electron chi connectivity index (χ1n) is 11.7. The third-order valence-corrected chi connectivity index (χ3v) is 9.43. The summed E-state index contributed by atoms with van der Waals surface area (Å²) in [6.45, 7) is 2.51. The molecule has 8 fully saturated rings. The minimum absolute atomic E-state index is 0.565. The maximum Gasteiger partial charge on any atom is 0.0189 e. The molecule has 8 rings (SSSR count). The quantitative estimate of drug-likeness (QED) is 0.695. The van der Waals surface area contributed by atoms with Crippen molar-refractivity contribution >= 4 is 0 Å². The Hall–Kier alpha value is -0.0800. The molecule has 140 valence electrons. The Bertz CT molecular complexity index is 408. The van der Waals surface area contributed by atoms with E-state index in [-0.39, 0.29) is 0 Å². The molecule has 25 heavy (non-hydrogen) atoms. The van der Waals surface area contributed by atoms with Crippen LogP contribution in [0.3, 0.4) is 0 Å². The molecule has 8 aliphatic rings. The van der Waals surface area contributed by atoms with Gasteiger partial charge in [0.05, 0.1) is 0 Å². The van der Waals surface area contributed by atoms with Gasteiger partial charge in [-0.05, 0) is 132 Å². The van der Waals surface area contributed by atoms with Crippen LogP contribution in [-0.4, -0.2) is 24.2 Å². The van der Waals surface area contributed by atoms with Crippen LogP contribution in [0.4, 0.5) is 0 Å². The van der Waals surface area contributed by atoms with Crippen molar-refractivity contribution in [2.75, 3.05) is 13.1 Å². The van der Waals surface area contributed by atoms with Gasteiger partial charge in [-0.3, -0.25) is 0 Å². The molecule has 8 bridgehead atoms. The Morgan fingerprint density at radius 1 is 0.480 bits per heavy atom. The van der Waals surface area contributed by atoms with Gasteiger partial charge in [0.2, 0.25) is 0 Å². The fraction of sp³-hybridized carbons (Fsp3) is 1.00. The lowest BCUT2D eigenvalue weighted by molar-refractivity contribution is -0.0229. The highest BCUT2D eigenvalue weighted by molar-refractivity contribution is 5.07. The molecule has 0 aliphatic heterocycles. The fourth-order valence-electron chi connectivity index (χ4n) is 9.45. The molecule has 2 N–H and O–H groups in total. The van der Waals surface area contributed by atoms with Gasteiger partial charge in [0.1, 0.15) is 0 Å². The van der Waals surface area contributed by atoms with Crippen LogP contribution in [0.5, 0.6) is 0 Å². The van der Waals surface area contributed by atoms with Crippen LogP contribution in [0.25, 0.3) is 0 Å².